The van der Waals surface area contributed by atoms with Crippen LogP contribution in [0.25, 0.3) is 0 Å². The van der Waals surface area contributed by atoms with Crippen LogP contribution in [-0.4, -0.2) is 50.8 Å². The predicted molar refractivity (Wildman–Crippen MR) is 78.6 cm³/mol. The second kappa shape index (κ2) is 8.15. The minimum atomic E-state index is 0.724. The second-order valence-corrected chi connectivity index (χ2v) is 4.85. The number of nitrogens with one attached hydrogen (secondary N) is 2. The maximum absolute atomic E-state index is 5.43. The first-order valence-electron chi connectivity index (χ1n) is 7.24. The zero-order valence-corrected chi connectivity index (χ0v) is 11.8. The summed E-state index contributed by atoms with van der Waals surface area (Å²) in [5.41, 5.74) is 1.31. The number of hydrogen-bond acceptors (Lipinski definition) is 4. The van der Waals surface area contributed by atoms with Crippen LogP contribution in [0.2, 0.25) is 0 Å². The van der Waals surface area contributed by atoms with Gasteiger partial charge >= 0.3 is 0 Å². The smallest absolute Gasteiger partial charge is 0.119 e. The molecule has 1 fully saturated rings. The molecule has 2 N–H and O–H groups in total. The lowest BCUT2D eigenvalue weighted by Crippen LogP contribution is -2.45. The molecule has 4 nitrogen and oxygen atoms in total. The van der Waals surface area contributed by atoms with Gasteiger partial charge in [0.15, 0.2) is 0 Å². The number of nitrogens with zero attached hydrogens (tertiary/aromatic N) is 1. The highest BCUT2D eigenvalue weighted by Crippen LogP contribution is 2.11. The third kappa shape index (κ3) is 5.19. The maximum atomic E-state index is 5.43. The molecule has 2 rings (SSSR count). The van der Waals surface area contributed by atoms with E-state index in [2.05, 4.69) is 27.7 Å². The van der Waals surface area contributed by atoms with E-state index >= 15 is 0 Å². The van der Waals surface area contributed by atoms with Crippen LogP contribution in [0.15, 0.2) is 24.3 Å². The highest BCUT2D eigenvalue weighted by Gasteiger charge is 2.07. The van der Waals surface area contributed by atoms with Gasteiger partial charge in [-0.05, 0) is 24.6 Å². The molecule has 1 aliphatic rings. The van der Waals surface area contributed by atoms with Crippen LogP contribution in [0.4, 0.5) is 0 Å². The lowest BCUT2D eigenvalue weighted by molar-refractivity contribution is 0.241. The maximum Gasteiger partial charge on any atom is 0.119 e. The van der Waals surface area contributed by atoms with Crippen LogP contribution >= 0.6 is 0 Å². The van der Waals surface area contributed by atoms with Gasteiger partial charge in [-0.15, -0.1) is 0 Å². The van der Waals surface area contributed by atoms with Crippen molar-refractivity contribution < 1.29 is 4.74 Å². The lowest BCUT2D eigenvalue weighted by atomic mass is 10.2. The SMILES string of the molecule is CCOc1ccc(CNCCN2CCNCC2)cc1. The fraction of sp³-hybridized carbons (Fsp3) is 0.600. The van der Waals surface area contributed by atoms with Crippen LogP contribution in [0, 0.1) is 0 Å². The van der Waals surface area contributed by atoms with E-state index in [1.807, 2.05) is 19.1 Å². The first kappa shape index (κ1) is 14.3. The molecule has 106 valence electrons. The Labute approximate surface area is 116 Å². The minimum absolute atomic E-state index is 0.724. The number of benzene rings is 1. The summed E-state index contributed by atoms with van der Waals surface area (Å²) in [6, 6.07) is 8.33. The summed E-state index contributed by atoms with van der Waals surface area (Å²) in [4.78, 5) is 2.50. The molecule has 0 aromatic heterocycles. The molecule has 0 saturated carbocycles. The summed E-state index contributed by atoms with van der Waals surface area (Å²) in [7, 11) is 0. The summed E-state index contributed by atoms with van der Waals surface area (Å²) in [5.74, 6) is 0.951. The Morgan fingerprint density at radius 3 is 2.63 bits per heavy atom. The average Bonchev–Trinajstić information content (AvgIpc) is 2.47. The summed E-state index contributed by atoms with van der Waals surface area (Å²) < 4.78 is 5.43. The third-order valence-corrected chi connectivity index (χ3v) is 3.38. The second-order valence-electron chi connectivity index (χ2n) is 4.85. The molecule has 1 aliphatic heterocycles. The number of ether oxygens (including phenoxy) is 1. The van der Waals surface area contributed by atoms with Gasteiger partial charge in [0.05, 0.1) is 6.61 Å². The Kier molecular flexibility index (Phi) is 6.14. The standard InChI is InChI=1S/C15H25N3O/c1-2-19-15-5-3-14(4-6-15)13-17-9-12-18-10-7-16-8-11-18/h3-6,16-17H,2,7-13H2,1H3. The largest absolute Gasteiger partial charge is 0.494 e. The van der Waals surface area contributed by atoms with E-state index in [0.717, 1.165) is 45.1 Å². The summed E-state index contributed by atoms with van der Waals surface area (Å²) in [6.07, 6.45) is 0. The van der Waals surface area contributed by atoms with Crippen LogP contribution in [0.5, 0.6) is 5.75 Å². The van der Waals surface area contributed by atoms with Gasteiger partial charge in [0.25, 0.3) is 0 Å². The quantitative estimate of drug-likeness (QED) is 0.722. The van der Waals surface area contributed by atoms with Crippen LogP contribution in [0.3, 0.4) is 0 Å². The zero-order valence-electron chi connectivity index (χ0n) is 11.8. The molecule has 4 heteroatoms. The van der Waals surface area contributed by atoms with Crippen LogP contribution < -0.4 is 15.4 Å². The van der Waals surface area contributed by atoms with Crippen molar-refractivity contribution >= 4 is 0 Å². The van der Waals surface area contributed by atoms with Crippen molar-refractivity contribution in [1.29, 1.82) is 0 Å². The number of hydrogen-bond donors (Lipinski definition) is 2. The molecule has 1 aromatic rings. The molecule has 0 bridgehead atoms. The molecule has 0 radical (unpaired) electrons. The molecule has 19 heavy (non-hydrogen) atoms. The fourth-order valence-electron chi connectivity index (χ4n) is 2.27. The van der Waals surface area contributed by atoms with Gasteiger partial charge in [-0.2, -0.15) is 0 Å². The zero-order chi connectivity index (χ0) is 13.3. The van der Waals surface area contributed by atoms with E-state index in [0.29, 0.717) is 0 Å². The Morgan fingerprint density at radius 1 is 1.21 bits per heavy atom. The monoisotopic (exact) mass is 263 g/mol. The lowest BCUT2D eigenvalue weighted by Gasteiger charge is -2.27. The summed E-state index contributed by atoms with van der Waals surface area (Å²) in [5, 5.41) is 6.87. The van der Waals surface area contributed by atoms with Gasteiger partial charge in [0.1, 0.15) is 5.75 Å². The third-order valence-electron chi connectivity index (χ3n) is 3.38. The Hall–Kier alpha value is -1.10. The molecule has 0 amide bonds. The molecule has 0 atom stereocenters. The average molecular weight is 263 g/mol. The van der Waals surface area contributed by atoms with Crippen molar-refractivity contribution in [2.45, 2.75) is 13.5 Å². The van der Waals surface area contributed by atoms with Crippen molar-refractivity contribution in [2.75, 3.05) is 45.9 Å². The van der Waals surface area contributed by atoms with Gasteiger partial charge in [-0.3, -0.25) is 4.90 Å². The highest BCUT2D eigenvalue weighted by atomic mass is 16.5. The van der Waals surface area contributed by atoms with Crippen molar-refractivity contribution in [3.8, 4) is 5.75 Å². The van der Waals surface area contributed by atoms with Crippen molar-refractivity contribution in [3.05, 3.63) is 29.8 Å². The van der Waals surface area contributed by atoms with Crippen molar-refractivity contribution in [2.24, 2.45) is 0 Å². The van der Waals surface area contributed by atoms with E-state index in [4.69, 9.17) is 4.74 Å². The molecule has 1 heterocycles. The first-order chi connectivity index (χ1) is 9.38. The topological polar surface area (TPSA) is 36.5 Å². The van der Waals surface area contributed by atoms with Crippen LogP contribution in [-0.2, 0) is 6.54 Å². The van der Waals surface area contributed by atoms with Crippen LogP contribution in [0.1, 0.15) is 12.5 Å². The van der Waals surface area contributed by atoms with E-state index in [1.54, 1.807) is 0 Å². The normalized spacial score (nSPS) is 16.5. The van der Waals surface area contributed by atoms with Gasteiger partial charge in [0.2, 0.25) is 0 Å². The highest BCUT2D eigenvalue weighted by molar-refractivity contribution is 5.27. The van der Waals surface area contributed by atoms with E-state index in [-0.39, 0.29) is 0 Å². The summed E-state index contributed by atoms with van der Waals surface area (Å²) in [6.45, 7) is 10.4. The Bertz CT molecular complexity index is 347. The van der Waals surface area contributed by atoms with Gasteiger partial charge in [0, 0.05) is 45.8 Å². The minimum Gasteiger partial charge on any atom is -0.494 e. The molecule has 1 saturated heterocycles. The molecular formula is C15H25N3O. The number of piperazine rings is 1. The predicted octanol–water partition coefficient (Wildman–Crippen LogP) is 1.08. The fourth-order valence-corrected chi connectivity index (χ4v) is 2.27. The molecule has 0 unspecified atom stereocenters. The van der Waals surface area contributed by atoms with Gasteiger partial charge < -0.3 is 15.4 Å². The van der Waals surface area contributed by atoms with Gasteiger partial charge in [-0.1, -0.05) is 12.1 Å². The number of rotatable bonds is 7. The van der Waals surface area contributed by atoms with E-state index in [1.165, 1.54) is 18.7 Å². The van der Waals surface area contributed by atoms with Gasteiger partial charge in [-0.25, -0.2) is 0 Å². The Morgan fingerprint density at radius 2 is 1.95 bits per heavy atom. The van der Waals surface area contributed by atoms with Crippen molar-refractivity contribution in [3.63, 3.8) is 0 Å². The van der Waals surface area contributed by atoms with E-state index in [9.17, 15) is 0 Å². The molecule has 0 aliphatic carbocycles. The van der Waals surface area contributed by atoms with Crippen molar-refractivity contribution in [1.82, 2.24) is 15.5 Å². The molecular weight excluding hydrogens is 238 g/mol. The molecule has 1 aromatic carbocycles. The molecule has 0 spiro atoms. The summed E-state index contributed by atoms with van der Waals surface area (Å²) >= 11 is 0. The van der Waals surface area contributed by atoms with E-state index < -0.39 is 0 Å². The Balaban J connectivity index is 1.62. The first-order valence-corrected chi connectivity index (χ1v) is 7.24.